The van der Waals surface area contributed by atoms with E-state index in [0.29, 0.717) is 5.11 Å². The highest BCUT2D eigenvalue weighted by Crippen LogP contribution is 2.19. The van der Waals surface area contributed by atoms with Gasteiger partial charge in [0.15, 0.2) is 5.11 Å². The zero-order valence-corrected chi connectivity index (χ0v) is 17.8. The fourth-order valence-electron chi connectivity index (χ4n) is 3.26. The Morgan fingerprint density at radius 1 is 1.27 bits per heavy atom. The summed E-state index contributed by atoms with van der Waals surface area (Å²) in [5.41, 5.74) is 3.85. The third-order valence-electron chi connectivity index (χ3n) is 4.99. The van der Waals surface area contributed by atoms with E-state index >= 15 is 0 Å². The van der Waals surface area contributed by atoms with Crippen molar-refractivity contribution in [1.82, 2.24) is 29.6 Å². The Kier molecular flexibility index (Phi) is 6.63. The highest BCUT2D eigenvalue weighted by Gasteiger charge is 2.10. The van der Waals surface area contributed by atoms with Gasteiger partial charge in [-0.05, 0) is 30.4 Å². The van der Waals surface area contributed by atoms with E-state index in [2.05, 4.69) is 25.3 Å². The summed E-state index contributed by atoms with van der Waals surface area (Å²) in [6.45, 7) is 5.26. The van der Waals surface area contributed by atoms with Crippen LogP contribution in [0.3, 0.4) is 0 Å². The molecule has 3 aromatic heterocycles. The summed E-state index contributed by atoms with van der Waals surface area (Å²) < 4.78 is 7.38. The lowest BCUT2D eigenvalue weighted by atomic mass is 10.1. The molecule has 0 aromatic carbocycles. The van der Waals surface area contributed by atoms with E-state index < -0.39 is 0 Å². The number of aromatic nitrogens is 3. The van der Waals surface area contributed by atoms with Crippen molar-refractivity contribution in [2.45, 2.75) is 0 Å². The molecule has 9 heteroatoms. The molecule has 4 rings (SSSR count). The second-order valence-corrected chi connectivity index (χ2v) is 7.41. The number of ether oxygens (including phenoxy) is 1. The van der Waals surface area contributed by atoms with Gasteiger partial charge in [0.2, 0.25) is 0 Å². The van der Waals surface area contributed by atoms with E-state index in [1.54, 1.807) is 23.6 Å². The Labute approximate surface area is 181 Å². The Morgan fingerprint density at radius 3 is 2.93 bits per heavy atom. The molecule has 0 unspecified atom stereocenters. The highest BCUT2D eigenvalue weighted by molar-refractivity contribution is 7.80. The summed E-state index contributed by atoms with van der Waals surface area (Å²) in [5.74, 6) is 0. The van der Waals surface area contributed by atoms with Gasteiger partial charge in [-0.25, -0.2) is 9.99 Å². The molecular weight excluding hydrogens is 398 g/mol. The molecule has 1 N–H and O–H groups in total. The van der Waals surface area contributed by atoms with Crippen LogP contribution in [-0.4, -0.2) is 82.0 Å². The molecule has 1 fully saturated rings. The molecule has 1 aliphatic heterocycles. The molecule has 0 amide bonds. The van der Waals surface area contributed by atoms with Crippen LogP contribution < -0.4 is 5.32 Å². The largest absolute Gasteiger partial charge is 0.379 e. The first-order valence-electron chi connectivity index (χ1n) is 9.94. The Hall–Kier alpha value is -2.88. The Bertz CT molecular complexity index is 1010. The topological polar surface area (TPSA) is 70.3 Å². The van der Waals surface area contributed by atoms with Crippen LogP contribution in [-0.2, 0) is 4.74 Å². The number of nitrogens with one attached hydrogen (secondary N) is 1. The van der Waals surface area contributed by atoms with Crippen molar-refractivity contribution in [3.05, 3.63) is 54.7 Å². The van der Waals surface area contributed by atoms with E-state index in [1.807, 2.05) is 48.1 Å². The summed E-state index contributed by atoms with van der Waals surface area (Å²) in [5, 5.41) is 9.99. The fraction of sp³-hybridized carbons (Fsp3) is 0.333. The Morgan fingerprint density at radius 2 is 2.13 bits per heavy atom. The first kappa shape index (κ1) is 20.4. The first-order chi connectivity index (χ1) is 14.7. The molecule has 0 saturated carbocycles. The van der Waals surface area contributed by atoms with Crippen LogP contribution in [0.4, 0.5) is 0 Å². The number of hydrazone groups is 1. The highest BCUT2D eigenvalue weighted by atomic mass is 32.1. The summed E-state index contributed by atoms with van der Waals surface area (Å²) in [6, 6.07) is 7.99. The summed E-state index contributed by atoms with van der Waals surface area (Å²) in [4.78, 5) is 11.0. The van der Waals surface area contributed by atoms with Crippen LogP contribution in [0.2, 0.25) is 0 Å². The molecule has 4 heterocycles. The van der Waals surface area contributed by atoms with Crippen molar-refractivity contribution < 1.29 is 4.74 Å². The van der Waals surface area contributed by atoms with E-state index in [1.165, 1.54) is 0 Å². The molecule has 0 radical (unpaired) electrons. The lowest BCUT2D eigenvalue weighted by Gasteiger charge is -2.27. The molecule has 3 aromatic rings. The number of fused-ring (bicyclic) bond motifs is 1. The lowest BCUT2D eigenvalue weighted by molar-refractivity contribution is 0.0389. The van der Waals surface area contributed by atoms with Gasteiger partial charge in [0.05, 0.1) is 31.3 Å². The summed E-state index contributed by atoms with van der Waals surface area (Å²) in [7, 11) is 1.84. The van der Waals surface area contributed by atoms with Crippen molar-refractivity contribution in [3.8, 4) is 11.1 Å². The minimum absolute atomic E-state index is 0.587. The number of imidazole rings is 1. The number of nitrogens with zero attached hydrogens (tertiary/aromatic N) is 6. The molecule has 0 atom stereocenters. The third-order valence-corrected chi connectivity index (χ3v) is 5.40. The van der Waals surface area contributed by atoms with Gasteiger partial charge in [-0.15, -0.1) is 0 Å². The van der Waals surface area contributed by atoms with E-state index in [9.17, 15) is 0 Å². The number of pyridine rings is 2. The number of hydrogen-bond acceptors (Lipinski definition) is 6. The minimum atomic E-state index is 0.587. The summed E-state index contributed by atoms with van der Waals surface area (Å²) in [6.07, 6.45) is 9.23. The average molecular weight is 424 g/mol. The molecule has 156 valence electrons. The zero-order valence-electron chi connectivity index (χ0n) is 16.9. The molecule has 0 bridgehead atoms. The van der Waals surface area contributed by atoms with Gasteiger partial charge in [0, 0.05) is 62.9 Å². The summed E-state index contributed by atoms with van der Waals surface area (Å²) >= 11 is 5.45. The minimum Gasteiger partial charge on any atom is -0.379 e. The van der Waals surface area contributed by atoms with Gasteiger partial charge in [-0.1, -0.05) is 6.07 Å². The van der Waals surface area contributed by atoms with E-state index in [-0.39, 0.29) is 0 Å². The van der Waals surface area contributed by atoms with Crippen LogP contribution in [0, 0.1) is 0 Å². The van der Waals surface area contributed by atoms with E-state index in [4.69, 9.17) is 17.0 Å². The van der Waals surface area contributed by atoms with Gasteiger partial charge in [-0.2, -0.15) is 5.10 Å². The molecule has 1 saturated heterocycles. The quantitative estimate of drug-likeness (QED) is 0.369. The monoisotopic (exact) mass is 423 g/mol. The van der Waals surface area contributed by atoms with Crippen molar-refractivity contribution >= 4 is 29.2 Å². The van der Waals surface area contributed by atoms with Crippen LogP contribution in [0.1, 0.15) is 5.69 Å². The maximum atomic E-state index is 5.45. The lowest BCUT2D eigenvalue weighted by Crippen LogP contribution is -2.43. The van der Waals surface area contributed by atoms with Crippen LogP contribution >= 0.6 is 12.2 Å². The predicted molar refractivity (Wildman–Crippen MR) is 122 cm³/mol. The molecule has 30 heavy (non-hydrogen) atoms. The first-order valence-corrected chi connectivity index (χ1v) is 10.3. The normalized spacial score (nSPS) is 15.0. The molecule has 0 aliphatic carbocycles. The molecule has 1 aliphatic rings. The molecule has 8 nitrogen and oxygen atoms in total. The SMILES string of the molecule is CN(/N=C/c1cnc2ccc(-c3cccnc3)cn12)C(=S)NCCN1CCOCC1. The van der Waals surface area contributed by atoms with Crippen LogP contribution in [0.25, 0.3) is 16.8 Å². The number of morpholine rings is 1. The second kappa shape index (κ2) is 9.75. The average Bonchev–Trinajstić information content (AvgIpc) is 3.21. The Balaban J connectivity index is 1.38. The van der Waals surface area contributed by atoms with Crippen molar-refractivity contribution in [3.63, 3.8) is 0 Å². The molecule has 0 spiro atoms. The number of thiocarbonyl (C=S) groups is 1. The van der Waals surface area contributed by atoms with Gasteiger partial charge in [0.1, 0.15) is 5.65 Å². The zero-order chi connectivity index (χ0) is 20.8. The maximum absolute atomic E-state index is 5.45. The number of rotatable bonds is 6. The van der Waals surface area contributed by atoms with Crippen LogP contribution in [0.5, 0.6) is 0 Å². The number of hydrogen-bond donors (Lipinski definition) is 1. The van der Waals surface area contributed by atoms with E-state index in [0.717, 1.165) is 61.9 Å². The van der Waals surface area contributed by atoms with Gasteiger partial charge < -0.3 is 10.1 Å². The third kappa shape index (κ3) is 4.99. The van der Waals surface area contributed by atoms with Crippen molar-refractivity contribution in [1.29, 1.82) is 0 Å². The van der Waals surface area contributed by atoms with Crippen LogP contribution in [0.15, 0.2) is 54.2 Å². The predicted octanol–water partition coefficient (Wildman–Crippen LogP) is 1.87. The van der Waals surface area contributed by atoms with Gasteiger partial charge in [0.25, 0.3) is 0 Å². The maximum Gasteiger partial charge on any atom is 0.189 e. The van der Waals surface area contributed by atoms with Crippen molar-refractivity contribution in [2.75, 3.05) is 46.4 Å². The molecular formula is C21H25N7OS. The van der Waals surface area contributed by atoms with Crippen molar-refractivity contribution in [2.24, 2.45) is 5.10 Å². The fourth-order valence-corrected chi connectivity index (χ4v) is 3.41. The smallest absolute Gasteiger partial charge is 0.189 e. The second-order valence-electron chi connectivity index (χ2n) is 7.02. The van der Waals surface area contributed by atoms with Gasteiger partial charge >= 0.3 is 0 Å². The van der Waals surface area contributed by atoms with Gasteiger partial charge in [-0.3, -0.25) is 14.3 Å². The standard InChI is InChI=1S/C21H25N7OS/c1-26(21(30)23-7-8-27-9-11-29-12-10-27)25-15-19-14-24-20-5-4-18(16-28(19)20)17-3-2-6-22-13-17/h2-6,13-16H,7-12H2,1H3,(H,23,30)/b25-15+.